The van der Waals surface area contributed by atoms with Gasteiger partial charge in [-0.05, 0) is 56.7 Å². The number of anilines is 1. The summed E-state index contributed by atoms with van der Waals surface area (Å²) in [4.78, 5) is 37.0. The Morgan fingerprint density at radius 1 is 1.07 bits per heavy atom. The highest BCUT2D eigenvalue weighted by Gasteiger charge is 2.22. The van der Waals surface area contributed by atoms with Gasteiger partial charge in [-0.1, -0.05) is 11.6 Å². The number of primary sulfonamides is 1. The second-order valence-electron chi connectivity index (χ2n) is 9.54. The number of hydrogen-bond donors (Lipinski definition) is 3. The molecule has 2 aromatic carbocycles. The van der Waals surface area contributed by atoms with E-state index in [1.165, 1.54) is 19.3 Å². The molecule has 0 saturated heterocycles. The summed E-state index contributed by atoms with van der Waals surface area (Å²) in [6, 6.07) is 6.86. The highest BCUT2D eigenvalue weighted by molar-refractivity contribution is 7.89. The Morgan fingerprint density at radius 2 is 1.77 bits per heavy atom. The molecule has 0 aliphatic rings. The second kappa shape index (κ2) is 15.0. The fraction of sp³-hybridized carbons (Fsp3) is 0.321. The maximum Gasteiger partial charge on any atom is 0.340 e. The molecule has 0 spiro atoms. The highest BCUT2D eigenvalue weighted by Crippen LogP contribution is 2.29. The summed E-state index contributed by atoms with van der Waals surface area (Å²) in [6.45, 7) is 3.04. The SMILES string of the molecule is C[C@H](COC(=O)CCCOC(=O)c1cc(S(N)(=O)=O)c(Cl)cc1NCc1ccco1)N[C@H](C)C(=O)c1cc(F)cc(F)c1. The maximum atomic E-state index is 13.4. The molecule has 232 valence electrons. The zero-order valence-corrected chi connectivity index (χ0v) is 24.8. The molecule has 43 heavy (non-hydrogen) atoms. The van der Waals surface area contributed by atoms with E-state index in [1.54, 1.807) is 19.1 Å². The van der Waals surface area contributed by atoms with Crippen molar-refractivity contribution >= 4 is 45.0 Å². The summed E-state index contributed by atoms with van der Waals surface area (Å²) in [5.41, 5.74) is -0.0989. The minimum atomic E-state index is -4.25. The van der Waals surface area contributed by atoms with Crippen molar-refractivity contribution < 1.29 is 45.5 Å². The van der Waals surface area contributed by atoms with Gasteiger partial charge in [0.1, 0.15) is 28.9 Å². The highest BCUT2D eigenvalue weighted by atomic mass is 35.5. The molecule has 0 saturated carbocycles. The van der Waals surface area contributed by atoms with Gasteiger partial charge in [0, 0.05) is 24.1 Å². The van der Waals surface area contributed by atoms with Crippen molar-refractivity contribution in [1.29, 1.82) is 0 Å². The van der Waals surface area contributed by atoms with Crippen molar-refractivity contribution in [3.05, 3.63) is 82.3 Å². The van der Waals surface area contributed by atoms with E-state index in [-0.39, 0.29) is 54.4 Å². The van der Waals surface area contributed by atoms with Crippen LogP contribution < -0.4 is 15.8 Å². The summed E-state index contributed by atoms with van der Waals surface area (Å²) in [6.07, 6.45) is 1.45. The van der Waals surface area contributed by atoms with Gasteiger partial charge in [-0.15, -0.1) is 0 Å². The Kier molecular flexibility index (Phi) is 11.8. The summed E-state index contributed by atoms with van der Waals surface area (Å²) in [5.74, 6) is -3.21. The van der Waals surface area contributed by atoms with Crippen molar-refractivity contribution in [2.45, 2.75) is 50.2 Å². The monoisotopic (exact) mass is 641 g/mol. The van der Waals surface area contributed by atoms with E-state index < -0.39 is 56.4 Å². The van der Waals surface area contributed by atoms with E-state index in [4.69, 9.17) is 30.6 Å². The molecule has 2 atom stereocenters. The van der Waals surface area contributed by atoms with Gasteiger partial charge in [0.25, 0.3) is 0 Å². The van der Waals surface area contributed by atoms with Crippen LogP contribution in [0.1, 0.15) is 53.2 Å². The first-order valence-corrected chi connectivity index (χ1v) is 14.9. The molecular weight excluding hydrogens is 612 g/mol. The maximum absolute atomic E-state index is 13.4. The quantitative estimate of drug-likeness (QED) is 0.124. The fourth-order valence-corrected chi connectivity index (χ4v) is 5.03. The van der Waals surface area contributed by atoms with E-state index >= 15 is 0 Å². The largest absolute Gasteiger partial charge is 0.467 e. The van der Waals surface area contributed by atoms with Crippen LogP contribution >= 0.6 is 11.6 Å². The Hall–Kier alpha value is -3.85. The predicted molar refractivity (Wildman–Crippen MR) is 152 cm³/mol. The second-order valence-corrected chi connectivity index (χ2v) is 11.5. The van der Waals surface area contributed by atoms with Crippen LogP contribution in [0.25, 0.3) is 0 Å². The van der Waals surface area contributed by atoms with Gasteiger partial charge in [-0.2, -0.15) is 0 Å². The van der Waals surface area contributed by atoms with Crippen molar-refractivity contribution in [2.24, 2.45) is 5.14 Å². The summed E-state index contributed by atoms with van der Waals surface area (Å²) >= 11 is 6.07. The fourth-order valence-electron chi connectivity index (χ4n) is 3.93. The average Bonchev–Trinajstić information content (AvgIpc) is 3.45. The van der Waals surface area contributed by atoms with Crippen LogP contribution in [0.2, 0.25) is 5.02 Å². The number of sulfonamides is 1. The average molecular weight is 642 g/mol. The summed E-state index contributed by atoms with van der Waals surface area (Å²) in [7, 11) is -4.25. The van der Waals surface area contributed by atoms with Crippen molar-refractivity contribution in [3.63, 3.8) is 0 Å². The molecule has 0 bridgehead atoms. The van der Waals surface area contributed by atoms with E-state index in [0.29, 0.717) is 11.8 Å². The lowest BCUT2D eigenvalue weighted by Crippen LogP contribution is -2.42. The molecule has 0 unspecified atom stereocenters. The van der Waals surface area contributed by atoms with Crippen molar-refractivity contribution in [3.8, 4) is 0 Å². The smallest absolute Gasteiger partial charge is 0.340 e. The van der Waals surface area contributed by atoms with E-state index in [9.17, 15) is 31.6 Å². The first-order valence-electron chi connectivity index (χ1n) is 13.0. The molecule has 1 aromatic heterocycles. The van der Waals surface area contributed by atoms with Gasteiger partial charge < -0.3 is 24.5 Å². The van der Waals surface area contributed by atoms with Crippen LogP contribution in [-0.2, 0) is 30.8 Å². The van der Waals surface area contributed by atoms with E-state index in [0.717, 1.165) is 18.2 Å². The zero-order chi connectivity index (χ0) is 31.7. The van der Waals surface area contributed by atoms with Gasteiger partial charge >= 0.3 is 11.9 Å². The number of hydrogen-bond acceptors (Lipinski definition) is 10. The van der Waals surface area contributed by atoms with Crippen molar-refractivity contribution in [1.82, 2.24) is 5.32 Å². The molecule has 0 aliphatic heterocycles. The number of furan rings is 1. The number of nitrogens with one attached hydrogen (secondary N) is 2. The minimum Gasteiger partial charge on any atom is -0.467 e. The number of benzene rings is 2. The number of ether oxygens (including phenoxy) is 2. The molecule has 0 amide bonds. The van der Waals surface area contributed by atoms with Crippen LogP contribution in [0, 0.1) is 11.6 Å². The number of nitrogens with two attached hydrogens (primary N) is 1. The summed E-state index contributed by atoms with van der Waals surface area (Å²) < 4.78 is 66.3. The van der Waals surface area contributed by atoms with Crippen LogP contribution in [0.3, 0.4) is 0 Å². The third kappa shape index (κ3) is 10.1. The Balaban J connectivity index is 1.48. The van der Waals surface area contributed by atoms with Crippen LogP contribution in [0.4, 0.5) is 14.5 Å². The standard InChI is InChI=1S/C28H30ClF2N3O8S/c1-16(34-17(2)27(36)18-9-19(30)11-20(31)10-18)15-42-26(35)6-4-8-41-28(37)22-12-25(43(32,38)39)23(29)13-24(22)33-14-21-5-3-7-40-21/h3,5,7,9-13,16-17,33-34H,4,6,8,14-15H2,1-2H3,(H2,32,38,39)/t16-,17-/m1/s1. The molecule has 0 fully saturated rings. The first-order chi connectivity index (χ1) is 20.2. The van der Waals surface area contributed by atoms with Gasteiger partial charge in [-0.3, -0.25) is 9.59 Å². The number of carbonyl (C=O) groups excluding carboxylic acids is 3. The third-order valence-electron chi connectivity index (χ3n) is 5.96. The molecule has 0 aliphatic carbocycles. The molecule has 1 heterocycles. The third-order valence-corrected chi connectivity index (χ3v) is 7.33. The lowest BCUT2D eigenvalue weighted by molar-refractivity contribution is -0.144. The number of rotatable bonds is 15. The first kappa shape index (κ1) is 33.6. The minimum absolute atomic E-state index is 0.0944. The van der Waals surface area contributed by atoms with Gasteiger partial charge in [0.2, 0.25) is 10.0 Å². The number of ketones is 1. The molecular formula is C28H30ClF2N3O8S. The summed E-state index contributed by atoms with van der Waals surface area (Å²) in [5, 5.41) is 10.9. The molecule has 11 nitrogen and oxygen atoms in total. The molecule has 3 rings (SSSR count). The van der Waals surface area contributed by atoms with Gasteiger partial charge in [0.05, 0.1) is 41.7 Å². The van der Waals surface area contributed by atoms with Crippen LogP contribution in [-0.4, -0.2) is 51.4 Å². The van der Waals surface area contributed by atoms with E-state index in [1.807, 2.05) is 0 Å². The number of halogens is 3. The van der Waals surface area contributed by atoms with Gasteiger partial charge in [-0.25, -0.2) is 27.1 Å². The normalized spacial score (nSPS) is 12.8. The molecule has 15 heteroatoms. The number of Topliss-reactive ketones (excluding diaryl/α,β-unsaturated/α-hetero) is 1. The Bertz CT molecular complexity index is 1550. The lowest BCUT2D eigenvalue weighted by atomic mass is 10.0. The Labute approximate surface area is 251 Å². The van der Waals surface area contributed by atoms with E-state index in [2.05, 4.69) is 10.6 Å². The lowest BCUT2D eigenvalue weighted by Gasteiger charge is -2.19. The zero-order valence-electron chi connectivity index (χ0n) is 23.2. The molecule has 0 radical (unpaired) electrons. The molecule has 4 N–H and O–H groups in total. The van der Waals surface area contributed by atoms with Crippen LogP contribution in [0.15, 0.2) is 58.0 Å². The number of esters is 2. The topological polar surface area (TPSA) is 167 Å². The van der Waals surface area contributed by atoms with Crippen LogP contribution in [0.5, 0.6) is 0 Å². The van der Waals surface area contributed by atoms with Gasteiger partial charge in [0.15, 0.2) is 5.78 Å². The molecule has 3 aromatic rings. The number of carbonyl (C=O) groups is 3. The Morgan fingerprint density at radius 3 is 2.40 bits per heavy atom. The van der Waals surface area contributed by atoms with Crippen molar-refractivity contribution in [2.75, 3.05) is 18.5 Å². The predicted octanol–water partition coefficient (Wildman–Crippen LogP) is 4.20.